The van der Waals surface area contributed by atoms with Crippen LogP contribution in [0.3, 0.4) is 0 Å². The van der Waals surface area contributed by atoms with Crippen molar-refractivity contribution in [3.8, 4) is 0 Å². The zero-order valence-corrected chi connectivity index (χ0v) is 10.1. The van der Waals surface area contributed by atoms with E-state index in [1.165, 1.54) is 37.7 Å². The first-order chi connectivity index (χ1) is 7.84. The predicted octanol–water partition coefficient (Wildman–Crippen LogP) is 3.99. The molecule has 0 atom stereocenters. The van der Waals surface area contributed by atoms with Gasteiger partial charge in [0.25, 0.3) is 0 Å². The summed E-state index contributed by atoms with van der Waals surface area (Å²) in [6.45, 7) is 4.02. The lowest BCUT2D eigenvalue weighted by atomic mass is 9.92. The van der Waals surface area contributed by atoms with E-state index >= 15 is 0 Å². The summed E-state index contributed by atoms with van der Waals surface area (Å²) in [5, 5.41) is 0. The molecule has 0 N–H and O–H groups in total. The van der Waals surface area contributed by atoms with E-state index in [0.717, 1.165) is 25.7 Å². The molecule has 0 aliphatic heterocycles. The van der Waals surface area contributed by atoms with Crippen LogP contribution in [0.4, 0.5) is 0 Å². The van der Waals surface area contributed by atoms with Crippen LogP contribution < -0.4 is 0 Å². The summed E-state index contributed by atoms with van der Waals surface area (Å²) in [6.07, 6.45) is 11.1. The average molecular weight is 218 g/mol. The van der Waals surface area contributed by atoms with E-state index in [9.17, 15) is 0 Å². The summed E-state index contributed by atoms with van der Waals surface area (Å²) in [5.74, 6) is 0. The molecule has 0 heterocycles. The van der Waals surface area contributed by atoms with Gasteiger partial charge < -0.3 is 0 Å². The molecule has 0 bridgehead atoms. The Balaban J connectivity index is 1.78. The maximum absolute atomic E-state index is 4.46. The number of nitrogens with zero attached hydrogens (tertiary/aromatic N) is 2. The zero-order chi connectivity index (χ0) is 11.2. The number of allylic oxidation sites excluding steroid dienone is 1. The zero-order valence-electron chi connectivity index (χ0n) is 10.1. The van der Waals surface area contributed by atoms with Crippen molar-refractivity contribution in [2.75, 3.05) is 0 Å². The average Bonchev–Trinajstić information content (AvgIpc) is 2.33. The molecule has 0 aromatic carbocycles. The van der Waals surface area contributed by atoms with Crippen molar-refractivity contribution in [3.05, 3.63) is 12.2 Å². The van der Waals surface area contributed by atoms with Crippen LogP contribution in [0.1, 0.15) is 57.8 Å². The molecule has 16 heavy (non-hydrogen) atoms. The Labute approximate surface area is 98.6 Å². The van der Waals surface area contributed by atoms with Crippen molar-refractivity contribution in [2.45, 2.75) is 69.9 Å². The minimum absolute atomic E-state index is 0.456. The van der Waals surface area contributed by atoms with Gasteiger partial charge in [-0.3, -0.25) is 0 Å². The predicted molar refractivity (Wildman–Crippen MR) is 68.1 cm³/mol. The highest BCUT2D eigenvalue weighted by Gasteiger charge is 2.14. The minimum atomic E-state index is 0.456. The molecule has 2 nitrogen and oxygen atoms in total. The smallest absolute Gasteiger partial charge is 0.0898 e. The van der Waals surface area contributed by atoms with Gasteiger partial charge in [-0.05, 0) is 38.5 Å². The maximum atomic E-state index is 4.46. The van der Waals surface area contributed by atoms with E-state index in [1.54, 1.807) is 0 Å². The maximum Gasteiger partial charge on any atom is 0.0898 e. The molecule has 0 saturated heterocycles. The number of hydrogen-bond donors (Lipinski definition) is 0. The quantitative estimate of drug-likeness (QED) is 0.494. The highest BCUT2D eigenvalue weighted by Crippen LogP contribution is 2.24. The molecule has 0 aromatic heterocycles. The Bertz CT molecular complexity index is 284. The van der Waals surface area contributed by atoms with Crippen molar-refractivity contribution in [1.82, 2.24) is 0 Å². The van der Waals surface area contributed by atoms with Crippen molar-refractivity contribution in [1.29, 1.82) is 0 Å². The van der Waals surface area contributed by atoms with Crippen LogP contribution in [0.5, 0.6) is 0 Å². The Morgan fingerprint density at radius 3 is 2.06 bits per heavy atom. The molecule has 0 spiro atoms. The third-order valence-corrected chi connectivity index (χ3v) is 3.72. The highest BCUT2D eigenvalue weighted by atomic mass is 14.9. The molecule has 0 radical (unpaired) electrons. The van der Waals surface area contributed by atoms with Crippen LogP contribution in [0.25, 0.3) is 0 Å². The number of hydrogen-bond acceptors (Lipinski definition) is 2. The van der Waals surface area contributed by atoms with Crippen LogP contribution in [0.2, 0.25) is 0 Å². The van der Waals surface area contributed by atoms with Gasteiger partial charge in [0.2, 0.25) is 0 Å². The second-order valence-electron chi connectivity index (χ2n) is 5.13. The summed E-state index contributed by atoms with van der Waals surface area (Å²) in [4.78, 5) is 8.91. The second-order valence-corrected chi connectivity index (χ2v) is 5.13. The molecule has 88 valence electrons. The molecular weight excluding hydrogens is 196 g/mol. The first-order valence-corrected chi connectivity index (χ1v) is 6.66. The monoisotopic (exact) mass is 218 g/mol. The standard InChI is InChI=1S/C14H22N2/c1-12-7-9-14(10-8-12)16-11-15-13-5-3-2-4-6-13/h13-14H,1-10H2. The van der Waals surface area contributed by atoms with Crippen LogP contribution in [-0.4, -0.2) is 18.1 Å². The number of rotatable bonds is 2. The Morgan fingerprint density at radius 1 is 0.875 bits per heavy atom. The first kappa shape index (κ1) is 11.6. The van der Waals surface area contributed by atoms with E-state index in [4.69, 9.17) is 0 Å². The van der Waals surface area contributed by atoms with Gasteiger partial charge in [-0.2, -0.15) is 0 Å². The van der Waals surface area contributed by atoms with Gasteiger partial charge in [-0.1, -0.05) is 31.4 Å². The molecule has 2 heteroatoms. The molecule has 2 aliphatic carbocycles. The van der Waals surface area contributed by atoms with E-state index in [2.05, 4.69) is 22.6 Å². The Hall–Kier alpha value is -0.880. The molecule has 2 saturated carbocycles. The van der Waals surface area contributed by atoms with Crippen LogP contribution in [-0.2, 0) is 0 Å². The van der Waals surface area contributed by atoms with Gasteiger partial charge in [0, 0.05) is 0 Å². The van der Waals surface area contributed by atoms with Crippen molar-refractivity contribution >= 4 is 6.01 Å². The molecule has 2 aliphatic rings. The van der Waals surface area contributed by atoms with Gasteiger partial charge in [0.05, 0.1) is 18.1 Å². The van der Waals surface area contributed by atoms with Crippen LogP contribution in [0, 0.1) is 0 Å². The highest BCUT2D eigenvalue weighted by molar-refractivity contribution is 5.42. The fraction of sp³-hybridized carbons (Fsp3) is 0.786. The van der Waals surface area contributed by atoms with E-state index in [1.807, 2.05) is 0 Å². The van der Waals surface area contributed by atoms with Crippen molar-refractivity contribution in [2.24, 2.45) is 9.98 Å². The summed E-state index contributed by atoms with van der Waals surface area (Å²) in [6, 6.07) is 3.93. The van der Waals surface area contributed by atoms with E-state index in [0.29, 0.717) is 12.1 Å². The topological polar surface area (TPSA) is 24.7 Å². The SMILES string of the molecule is C=C1CCC(N=C=NC2CCCCC2)CC1. The van der Waals surface area contributed by atoms with Crippen LogP contribution in [0.15, 0.2) is 22.1 Å². The molecular formula is C14H22N2. The summed E-state index contributed by atoms with van der Waals surface area (Å²) in [5.41, 5.74) is 1.38. The van der Waals surface area contributed by atoms with Gasteiger partial charge in [0.1, 0.15) is 0 Å². The van der Waals surface area contributed by atoms with E-state index < -0.39 is 0 Å². The third-order valence-electron chi connectivity index (χ3n) is 3.72. The fourth-order valence-corrected chi connectivity index (χ4v) is 2.55. The summed E-state index contributed by atoms with van der Waals surface area (Å²) in [7, 11) is 0. The van der Waals surface area contributed by atoms with Gasteiger partial charge >= 0.3 is 0 Å². The lowest BCUT2D eigenvalue weighted by Crippen LogP contribution is -2.11. The fourth-order valence-electron chi connectivity index (χ4n) is 2.55. The molecule has 2 rings (SSSR count). The molecule has 0 amide bonds. The Morgan fingerprint density at radius 2 is 1.44 bits per heavy atom. The first-order valence-electron chi connectivity index (χ1n) is 6.66. The van der Waals surface area contributed by atoms with E-state index in [-0.39, 0.29) is 0 Å². The lowest BCUT2D eigenvalue weighted by Gasteiger charge is -2.18. The van der Waals surface area contributed by atoms with Crippen molar-refractivity contribution < 1.29 is 0 Å². The van der Waals surface area contributed by atoms with Gasteiger partial charge in [-0.15, -0.1) is 0 Å². The van der Waals surface area contributed by atoms with Gasteiger partial charge in [-0.25, -0.2) is 9.98 Å². The molecule has 0 unspecified atom stereocenters. The van der Waals surface area contributed by atoms with Crippen molar-refractivity contribution in [3.63, 3.8) is 0 Å². The normalized spacial score (nSPS) is 23.9. The lowest BCUT2D eigenvalue weighted by molar-refractivity contribution is 0.444. The van der Waals surface area contributed by atoms with Crippen LogP contribution >= 0.6 is 0 Å². The third kappa shape index (κ3) is 3.61. The Kier molecular flexibility index (Phi) is 4.35. The largest absolute Gasteiger partial charge is 0.222 e. The summed E-state index contributed by atoms with van der Waals surface area (Å²) < 4.78 is 0. The molecule has 2 fully saturated rings. The second kappa shape index (κ2) is 6.00. The summed E-state index contributed by atoms with van der Waals surface area (Å²) >= 11 is 0. The number of aliphatic imine (C=N–C) groups is 2. The van der Waals surface area contributed by atoms with Gasteiger partial charge in [0.15, 0.2) is 0 Å². The minimum Gasteiger partial charge on any atom is -0.222 e. The molecule has 0 aromatic rings.